The Balaban J connectivity index is 1.53. The van der Waals surface area contributed by atoms with Crippen LogP contribution in [0.25, 0.3) is 0 Å². The fourth-order valence-electron chi connectivity index (χ4n) is 2.65. The number of carbonyl (C=O) groups is 1. The topological polar surface area (TPSA) is 69.0 Å². The van der Waals surface area contributed by atoms with Gasteiger partial charge in [0.05, 0.1) is 5.75 Å². The summed E-state index contributed by atoms with van der Waals surface area (Å²) in [5, 5.41) is 12.0. The number of aromatic nitrogens is 3. The number of amides is 1. The van der Waals surface area contributed by atoms with Crippen molar-refractivity contribution in [3.05, 3.63) is 65.5 Å². The number of nitrogens with one attached hydrogen (secondary N) is 1. The van der Waals surface area contributed by atoms with Crippen molar-refractivity contribution in [3.8, 4) is 5.75 Å². The van der Waals surface area contributed by atoms with Crippen LogP contribution in [0, 0.1) is 6.92 Å². The monoisotopic (exact) mass is 396 g/mol. The standard InChI is InChI=1S/C21H24N4O2S/c1-4-16-7-5-6-8-18(16)22-20(26)14-28-21-24-23-19(25(21)3)13-27-17-11-9-15(2)10-12-17/h5-12H,4,13-14H2,1-3H3,(H,22,26). The Bertz CT molecular complexity index is 938. The predicted octanol–water partition coefficient (Wildman–Crippen LogP) is 4.00. The quantitative estimate of drug-likeness (QED) is 0.583. The number of hydrogen-bond acceptors (Lipinski definition) is 5. The SMILES string of the molecule is CCc1ccccc1NC(=O)CSc1nnc(COc2ccc(C)cc2)n1C. The smallest absolute Gasteiger partial charge is 0.234 e. The number of nitrogens with zero attached hydrogens (tertiary/aromatic N) is 3. The molecule has 2 aromatic carbocycles. The summed E-state index contributed by atoms with van der Waals surface area (Å²) in [4.78, 5) is 12.3. The highest BCUT2D eigenvalue weighted by molar-refractivity contribution is 7.99. The van der Waals surface area contributed by atoms with Crippen molar-refractivity contribution in [1.82, 2.24) is 14.8 Å². The second kappa shape index (κ2) is 9.41. The number of anilines is 1. The Morgan fingerprint density at radius 2 is 1.89 bits per heavy atom. The zero-order chi connectivity index (χ0) is 19.9. The van der Waals surface area contributed by atoms with Crippen molar-refractivity contribution >= 4 is 23.4 Å². The van der Waals surface area contributed by atoms with Gasteiger partial charge in [-0.1, -0.05) is 54.6 Å². The van der Waals surface area contributed by atoms with Gasteiger partial charge in [0.15, 0.2) is 11.0 Å². The molecule has 3 rings (SSSR count). The minimum Gasteiger partial charge on any atom is -0.486 e. The predicted molar refractivity (Wildman–Crippen MR) is 112 cm³/mol. The van der Waals surface area contributed by atoms with Gasteiger partial charge in [-0.15, -0.1) is 10.2 Å². The molecule has 3 aromatic rings. The lowest BCUT2D eigenvalue weighted by Crippen LogP contribution is -2.15. The van der Waals surface area contributed by atoms with Gasteiger partial charge < -0.3 is 14.6 Å². The van der Waals surface area contributed by atoms with E-state index in [1.807, 2.05) is 67.1 Å². The first-order valence-electron chi connectivity index (χ1n) is 9.15. The minimum absolute atomic E-state index is 0.0636. The maximum Gasteiger partial charge on any atom is 0.234 e. The van der Waals surface area contributed by atoms with Crippen LogP contribution >= 0.6 is 11.8 Å². The van der Waals surface area contributed by atoms with Gasteiger partial charge in [0.25, 0.3) is 0 Å². The molecule has 1 heterocycles. The Labute approximate surface area is 169 Å². The third-order valence-electron chi connectivity index (χ3n) is 4.32. The maximum atomic E-state index is 12.3. The lowest BCUT2D eigenvalue weighted by Gasteiger charge is -2.09. The third kappa shape index (κ3) is 5.13. The second-order valence-electron chi connectivity index (χ2n) is 6.41. The Kier molecular flexibility index (Phi) is 6.71. The van der Waals surface area contributed by atoms with E-state index in [0.717, 1.165) is 23.4 Å². The summed E-state index contributed by atoms with van der Waals surface area (Å²) in [5.41, 5.74) is 3.17. The van der Waals surface area contributed by atoms with E-state index < -0.39 is 0 Å². The minimum atomic E-state index is -0.0636. The molecule has 7 heteroatoms. The summed E-state index contributed by atoms with van der Waals surface area (Å²) in [7, 11) is 1.88. The Hall–Kier alpha value is -2.80. The van der Waals surface area contributed by atoms with Gasteiger partial charge in [-0.2, -0.15) is 0 Å². The molecule has 0 aliphatic rings. The van der Waals surface area contributed by atoms with Gasteiger partial charge in [-0.05, 0) is 37.1 Å². The number of rotatable bonds is 8. The van der Waals surface area contributed by atoms with Crippen molar-refractivity contribution in [2.75, 3.05) is 11.1 Å². The van der Waals surface area contributed by atoms with Gasteiger partial charge in [0.1, 0.15) is 12.4 Å². The van der Waals surface area contributed by atoms with Crippen molar-refractivity contribution < 1.29 is 9.53 Å². The van der Waals surface area contributed by atoms with Crippen LogP contribution in [0.4, 0.5) is 5.69 Å². The maximum absolute atomic E-state index is 12.3. The highest BCUT2D eigenvalue weighted by Crippen LogP contribution is 2.19. The number of aryl methyl sites for hydroxylation is 2. The molecular weight excluding hydrogens is 372 g/mol. The zero-order valence-electron chi connectivity index (χ0n) is 16.3. The Morgan fingerprint density at radius 1 is 1.14 bits per heavy atom. The normalized spacial score (nSPS) is 10.7. The summed E-state index contributed by atoms with van der Waals surface area (Å²) in [6.07, 6.45) is 0.872. The average Bonchev–Trinajstić information content (AvgIpc) is 3.06. The van der Waals surface area contributed by atoms with E-state index in [1.54, 1.807) is 0 Å². The molecule has 0 radical (unpaired) electrons. The lowest BCUT2D eigenvalue weighted by atomic mass is 10.1. The van der Waals surface area contributed by atoms with Crippen LogP contribution in [-0.4, -0.2) is 26.4 Å². The number of thioether (sulfide) groups is 1. The van der Waals surface area contributed by atoms with E-state index in [2.05, 4.69) is 22.4 Å². The fourth-order valence-corrected chi connectivity index (χ4v) is 3.38. The summed E-state index contributed by atoms with van der Waals surface area (Å²) in [5.74, 6) is 1.70. The summed E-state index contributed by atoms with van der Waals surface area (Å²) >= 11 is 1.35. The number of para-hydroxylation sites is 1. The van der Waals surface area contributed by atoms with Gasteiger partial charge in [-0.25, -0.2) is 0 Å². The van der Waals surface area contributed by atoms with E-state index in [0.29, 0.717) is 17.6 Å². The summed E-state index contributed by atoms with van der Waals surface area (Å²) in [6.45, 7) is 4.43. The first kappa shape index (κ1) is 19.9. The second-order valence-corrected chi connectivity index (χ2v) is 7.35. The van der Waals surface area contributed by atoms with Crippen LogP contribution in [0.2, 0.25) is 0 Å². The highest BCUT2D eigenvalue weighted by Gasteiger charge is 2.13. The molecule has 0 bridgehead atoms. The van der Waals surface area contributed by atoms with Gasteiger partial charge in [0.2, 0.25) is 5.91 Å². The zero-order valence-corrected chi connectivity index (χ0v) is 17.1. The largest absolute Gasteiger partial charge is 0.486 e. The van der Waals surface area contributed by atoms with Crippen molar-refractivity contribution in [2.24, 2.45) is 7.05 Å². The number of benzene rings is 2. The van der Waals surface area contributed by atoms with Crippen LogP contribution in [0.15, 0.2) is 53.7 Å². The number of carbonyl (C=O) groups excluding carboxylic acids is 1. The molecule has 0 spiro atoms. The van der Waals surface area contributed by atoms with E-state index in [9.17, 15) is 4.79 Å². The van der Waals surface area contributed by atoms with Gasteiger partial charge in [0, 0.05) is 12.7 Å². The molecule has 1 aromatic heterocycles. The first-order valence-corrected chi connectivity index (χ1v) is 10.1. The highest BCUT2D eigenvalue weighted by atomic mass is 32.2. The molecule has 0 aliphatic carbocycles. The van der Waals surface area contributed by atoms with Crippen LogP contribution in [0.1, 0.15) is 23.9 Å². The number of ether oxygens (including phenoxy) is 1. The molecule has 1 N–H and O–H groups in total. The number of hydrogen-bond donors (Lipinski definition) is 1. The Morgan fingerprint density at radius 3 is 2.64 bits per heavy atom. The molecule has 0 unspecified atom stereocenters. The lowest BCUT2D eigenvalue weighted by molar-refractivity contribution is -0.113. The third-order valence-corrected chi connectivity index (χ3v) is 5.34. The van der Waals surface area contributed by atoms with E-state index in [4.69, 9.17) is 4.74 Å². The summed E-state index contributed by atoms with van der Waals surface area (Å²) in [6, 6.07) is 15.7. The van der Waals surface area contributed by atoms with E-state index in [1.165, 1.54) is 17.3 Å². The van der Waals surface area contributed by atoms with Crippen molar-refractivity contribution in [2.45, 2.75) is 32.0 Å². The van der Waals surface area contributed by atoms with Crippen LogP contribution < -0.4 is 10.1 Å². The molecular formula is C21H24N4O2S. The van der Waals surface area contributed by atoms with Crippen LogP contribution in [0.3, 0.4) is 0 Å². The molecule has 28 heavy (non-hydrogen) atoms. The summed E-state index contributed by atoms with van der Waals surface area (Å²) < 4.78 is 7.61. The molecule has 1 amide bonds. The molecule has 146 valence electrons. The first-order chi connectivity index (χ1) is 13.6. The van der Waals surface area contributed by atoms with Crippen LogP contribution in [-0.2, 0) is 24.9 Å². The molecule has 0 fully saturated rings. The van der Waals surface area contributed by atoms with E-state index in [-0.39, 0.29) is 11.7 Å². The van der Waals surface area contributed by atoms with E-state index >= 15 is 0 Å². The fraction of sp³-hybridized carbons (Fsp3) is 0.286. The molecule has 0 atom stereocenters. The molecule has 6 nitrogen and oxygen atoms in total. The van der Waals surface area contributed by atoms with Crippen molar-refractivity contribution in [1.29, 1.82) is 0 Å². The van der Waals surface area contributed by atoms with Crippen LogP contribution in [0.5, 0.6) is 5.75 Å². The van der Waals surface area contributed by atoms with Crippen molar-refractivity contribution in [3.63, 3.8) is 0 Å². The molecule has 0 saturated heterocycles. The molecule has 0 saturated carbocycles. The average molecular weight is 397 g/mol. The van der Waals surface area contributed by atoms with Gasteiger partial charge in [-0.3, -0.25) is 4.79 Å². The van der Waals surface area contributed by atoms with Gasteiger partial charge >= 0.3 is 0 Å². The molecule has 0 aliphatic heterocycles.